The van der Waals surface area contributed by atoms with Gasteiger partial charge in [-0.05, 0) is 18.2 Å². The molecule has 0 unspecified atom stereocenters. The predicted octanol–water partition coefficient (Wildman–Crippen LogP) is 1.59. The number of ether oxygens (including phenoxy) is 1. The summed E-state index contributed by atoms with van der Waals surface area (Å²) < 4.78 is 10.9. The number of furan rings is 1. The van der Waals surface area contributed by atoms with Crippen molar-refractivity contribution in [2.45, 2.75) is 0 Å². The summed E-state index contributed by atoms with van der Waals surface area (Å²) in [5, 5.41) is 13.4. The molecule has 0 saturated carbocycles. The van der Waals surface area contributed by atoms with Gasteiger partial charge in [0.2, 0.25) is 0 Å². The number of aromatic hydroxyl groups is 1. The highest BCUT2D eigenvalue weighted by Gasteiger charge is 2.14. The van der Waals surface area contributed by atoms with E-state index in [1.165, 1.54) is 18.3 Å². The molecule has 2 heterocycles. The molecule has 23 heavy (non-hydrogen) atoms. The van der Waals surface area contributed by atoms with E-state index < -0.39 is 5.91 Å². The van der Waals surface area contributed by atoms with Gasteiger partial charge in [0.05, 0.1) is 25.0 Å². The van der Waals surface area contributed by atoms with Gasteiger partial charge in [-0.25, -0.2) is 5.43 Å². The third kappa shape index (κ3) is 3.70. The summed E-state index contributed by atoms with van der Waals surface area (Å²) in [5.41, 5.74) is 2.52. The average Bonchev–Trinajstić information content (AvgIpc) is 3.05. The van der Waals surface area contributed by atoms with Gasteiger partial charge in [-0.1, -0.05) is 12.1 Å². The molecular formula is C16H17N3O4. The Balaban J connectivity index is 1.59. The van der Waals surface area contributed by atoms with E-state index in [4.69, 9.17) is 9.15 Å². The second-order valence-corrected chi connectivity index (χ2v) is 4.99. The van der Waals surface area contributed by atoms with Gasteiger partial charge >= 0.3 is 0 Å². The van der Waals surface area contributed by atoms with Crippen molar-refractivity contribution >= 4 is 18.0 Å². The van der Waals surface area contributed by atoms with Crippen LogP contribution in [-0.4, -0.2) is 43.5 Å². The van der Waals surface area contributed by atoms with Crippen LogP contribution in [-0.2, 0) is 4.74 Å². The molecule has 7 heteroatoms. The second kappa shape index (κ2) is 6.97. The summed E-state index contributed by atoms with van der Waals surface area (Å²) >= 11 is 0. The van der Waals surface area contributed by atoms with Crippen LogP contribution in [0.3, 0.4) is 0 Å². The molecule has 7 nitrogen and oxygen atoms in total. The standard InChI is InChI=1S/C16H17N3O4/c20-14-4-2-1-3-13(14)16(21)18-17-11-12-5-6-15(23-12)19-7-9-22-10-8-19/h1-6,11,20H,7-10H2,(H,18,21)/b17-11-. The Labute approximate surface area is 133 Å². The third-order valence-corrected chi connectivity index (χ3v) is 3.44. The molecule has 2 aromatic rings. The van der Waals surface area contributed by atoms with E-state index in [2.05, 4.69) is 15.4 Å². The lowest BCUT2D eigenvalue weighted by Crippen LogP contribution is -2.35. The number of hydrazone groups is 1. The quantitative estimate of drug-likeness (QED) is 0.661. The number of amides is 1. The Bertz CT molecular complexity index is 705. The number of hydrogen-bond donors (Lipinski definition) is 2. The second-order valence-electron chi connectivity index (χ2n) is 4.99. The van der Waals surface area contributed by atoms with Gasteiger partial charge in [-0.15, -0.1) is 0 Å². The zero-order valence-corrected chi connectivity index (χ0v) is 12.4. The lowest BCUT2D eigenvalue weighted by molar-refractivity contribution is 0.0952. The summed E-state index contributed by atoms with van der Waals surface area (Å²) in [6.07, 6.45) is 1.42. The molecule has 1 amide bonds. The third-order valence-electron chi connectivity index (χ3n) is 3.44. The van der Waals surface area contributed by atoms with E-state index in [0.717, 1.165) is 19.0 Å². The summed E-state index contributed by atoms with van der Waals surface area (Å²) in [6.45, 7) is 2.93. The molecular weight excluding hydrogens is 298 g/mol. The molecule has 3 rings (SSSR count). The van der Waals surface area contributed by atoms with Crippen LogP contribution >= 0.6 is 0 Å². The number of carbonyl (C=O) groups is 1. The van der Waals surface area contributed by atoms with Crippen molar-refractivity contribution in [2.75, 3.05) is 31.2 Å². The molecule has 1 aromatic carbocycles. The van der Waals surface area contributed by atoms with E-state index in [1.54, 1.807) is 18.2 Å². The number of rotatable bonds is 4. The number of anilines is 1. The van der Waals surface area contributed by atoms with Gasteiger partial charge in [0, 0.05) is 19.2 Å². The zero-order valence-electron chi connectivity index (χ0n) is 12.4. The van der Waals surface area contributed by atoms with Gasteiger partial charge in [-0.3, -0.25) is 4.79 Å². The number of para-hydroxylation sites is 1. The highest BCUT2D eigenvalue weighted by molar-refractivity contribution is 5.97. The Morgan fingerprint density at radius 1 is 1.22 bits per heavy atom. The number of nitrogens with one attached hydrogen (secondary N) is 1. The zero-order chi connectivity index (χ0) is 16.1. The average molecular weight is 315 g/mol. The highest BCUT2D eigenvalue weighted by Crippen LogP contribution is 2.18. The summed E-state index contributed by atoms with van der Waals surface area (Å²) in [4.78, 5) is 14.0. The van der Waals surface area contributed by atoms with Crippen LogP contribution in [0.1, 0.15) is 16.1 Å². The Kier molecular flexibility index (Phi) is 4.58. The summed E-state index contributed by atoms with van der Waals surface area (Å²) in [5.74, 6) is 0.706. The van der Waals surface area contributed by atoms with Crippen molar-refractivity contribution < 1.29 is 19.1 Å². The summed E-state index contributed by atoms with van der Waals surface area (Å²) in [7, 11) is 0. The van der Waals surface area contributed by atoms with Gasteiger partial charge in [0.1, 0.15) is 11.5 Å². The number of phenols is 1. The van der Waals surface area contributed by atoms with Crippen molar-refractivity contribution in [3.8, 4) is 5.75 Å². The van der Waals surface area contributed by atoms with Crippen LogP contribution < -0.4 is 10.3 Å². The maximum Gasteiger partial charge on any atom is 0.275 e. The molecule has 1 saturated heterocycles. The van der Waals surface area contributed by atoms with E-state index >= 15 is 0 Å². The highest BCUT2D eigenvalue weighted by atomic mass is 16.5. The molecule has 1 aromatic heterocycles. The number of hydrogen-bond acceptors (Lipinski definition) is 6. The first-order valence-corrected chi connectivity index (χ1v) is 7.28. The fourth-order valence-electron chi connectivity index (χ4n) is 2.25. The fourth-order valence-corrected chi connectivity index (χ4v) is 2.25. The molecule has 1 fully saturated rings. The molecule has 0 atom stereocenters. The topological polar surface area (TPSA) is 87.3 Å². The largest absolute Gasteiger partial charge is 0.507 e. The van der Waals surface area contributed by atoms with Gasteiger partial charge < -0.3 is 19.2 Å². The first-order valence-electron chi connectivity index (χ1n) is 7.28. The van der Waals surface area contributed by atoms with E-state index in [0.29, 0.717) is 19.0 Å². The van der Waals surface area contributed by atoms with Crippen LogP contribution in [0, 0.1) is 0 Å². The molecule has 0 spiro atoms. The molecule has 0 bridgehead atoms. The minimum Gasteiger partial charge on any atom is -0.507 e. The molecule has 0 aliphatic carbocycles. The molecule has 0 radical (unpaired) electrons. The van der Waals surface area contributed by atoms with Crippen molar-refractivity contribution in [2.24, 2.45) is 5.10 Å². The number of nitrogens with zero attached hydrogens (tertiary/aromatic N) is 2. The van der Waals surface area contributed by atoms with E-state index in [9.17, 15) is 9.90 Å². The van der Waals surface area contributed by atoms with Crippen molar-refractivity contribution in [3.05, 3.63) is 47.7 Å². The molecule has 1 aliphatic heterocycles. The number of morpholine rings is 1. The minimum atomic E-state index is -0.487. The van der Waals surface area contributed by atoms with Crippen molar-refractivity contribution in [1.82, 2.24) is 5.43 Å². The van der Waals surface area contributed by atoms with Crippen LogP contribution in [0.2, 0.25) is 0 Å². The summed E-state index contributed by atoms with van der Waals surface area (Å²) in [6, 6.07) is 9.91. The van der Waals surface area contributed by atoms with Gasteiger partial charge in [0.15, 0.2) is 5.88 Å². The van der Waals surface area contributed by atoms with Crippen LogP contribution in [0.15, 0.2) is 45.9 Å². The Morgan fingerprint density at radius 2 is 2.00 bits per heavy atom. The van der Waals surface area contributed by atoms with Crippen LogP contribution in [0.25, 0.3) is 0 Å². The normalized spacial score (nSPS) is 15.0. The van der Waals surface area contributed by atoms with Gasteiger partial charge in [-0.2, -0.15) is 5.10 Å². The van der Waals surface area contributed by atoms with Crippen molar-refractivity contribution in [1.29, 1.82) is 0 Å². The Morgan fingerprint density at radius 3 is 2.78 bits per heavy atom. The first kappa shape index (κ1) is 15.1. The van der Waals surface area contributed by atoms with E-state index in [-0.39, 0.29) is 11.3 Å². The predicted molar refractivity (Wildman–Crippen MR) is 84.9 cm³/mol. The van der Waals surface area contributed by atoms with Crippen LogP contribution in [0.4, 0.5) is 5.88 Å². The Hall–Kier alpha value is -2.80. The first-order chi connectivity index (χ1) is 11.2. The smallest absolute Gasteiger partial charge is 0.275 e. The maximum atomic E-state index is 11.9. The molecule has 2 N–H and O–H groups in total. The monoisotopic (exact) mass is 315 g/mol. The number of benzene rings is 1. The SMILES string of the molecule is O=C(N/N=C\c1ccc(N2CCOCC2)o1)c1ccccc1O. The lowest BCUT2D eigenvalue weighted by atomic mass is 10.2. The number of carbonyl (C=O) groups excluding carboxylic acids is 1. The number of phenolic OH excluding ortho intramolecular Hbond substituents is 1. The van der Waals surface area contributed by atoms with Gasteiger partial charge in [0.25, 0.3) is 5.91 Å². The lowest BCUT2D eigenvalue weighted by Gasteiger charge is -2.26. The molecule has 120 valence electrons. The minimum absolute atomic E-state index is 0.0900. The maximum absolute atomic E-state index is 11.9. The van der Waals surface area contributed by atoms with Crippen LogP contribution in [0.5, 0.6) is 5.75 Å². The fraction of sp³-hybridized carbons (Fsp3) is 0.250. The van der Waals surface area contributed by atoms with Crippen molar-refractivity contribution in [3.63, 3.8) is 0 Å². The molecule has 1 aliphatic rings. The van der Waals surface area contributed by atoms with E-state index in [1.807, 2.05) is 6.07 Å².